The molecule has 128 valence electrons. The van der Waals surface area contributed by atoms with E-state index >= 15 is 0 Å². The Hall–Kier alpha value is -2.81. The average molecular weight is 340 g/mol. The van der Waals surface area contributed by atoms with Crippen molar-refractivity contribution in [1.82, 2.24) is 30.4 Å². The van der Waals surface area contributed by atoms with Crippen molar-refractivity contribution in [3.8, 4) is 11.4 Å². The fraction of sp³-hybridized carbons (Fsp3) is 0.438. The number of ether oxygens (including phenoxy) is 1. The van der Waals surface area contributed by atoms with Crippen LogP contribution in [-0.4, -0.2) is 73.7 Å². The number of hydrogen-bond donors (Lipinski definition) is 1. The molecule has 0 saturated carbocycles. The first kappa shape index (κ1) is 14.5. The van der Waals surface area contributed by atoms with E-state index in [1.807, 2.05) is 6.07 Å². The predicted molar refractivity (Wildman–Crippen MR) is 84.1 cm³/mol. The summed E-state index contributed by atoms with van der Waals surface area (Å²) < 4.78 is 5.95. The topological polar surface area (TPSA) is 104 Å². The van der Waals surface area contributed by atoms with Gasteiger partial charge in [-0.3, -0.25) is 9.59 Å². The summed E-state index contributed by atoms with van der Waals surface area (Å²) in [5.74, 6) is 0.304. The van der Waals surface area contributed by atoms with Crippen LogP contribution in [-0.2, 0) is 9.53 Å². The van der Waals surface area contributed by atoms with Gasteiger partial charge in [0.15, 0.2) is 5.72 Å². The minimum absolute atomic E-state index is 0.0615. The van der Waals surface area contributed by atoms with Gasteiger partial charge in [-0.25, -0.2) is 0 Å². The van der Waals surface area contributed by atoms with Gasteiger partial charge in [-0.2, -0.15) is 5.21 Å². The highest BCUT2D eigenvalue weighted by Gasteiger charge is 2.62. The fourth-order valence-corrected chi connectivity index (χ4v) is 4.33. The Bertz CT molecular complexity index is 853. The van der Waals surface area contributed by atoms with Gasteiger partial charge in [0.05, 0.1) is 24.6 Å². The summed E-state index contributed by atoms with van der Waals surface area (Å²) in [6.07, 6.45) is 0.968. The van der Waals surface area contributed by atoms with Crippen molar-refractivity contribution in [1.29, 1.82) is 0 Å². The predicted octanol–water partition coefficient (Wildman–Crippen LogP) is 0.0400. The van der Waals surface area contributed by atoms with Crippen LogP contribution in [0.4, 0.5) is 0 Å². The summed E-state index contributed by atoms with van der Waals surface area (Å²) >= 11 is 0. The molecule has 1 spiro atoms. The highest BCUT2D eigenvalue weighted by molar-refractivity contribution is 6.01. The van der Waals surface area contributed by atoms with E-state index in [2.05, 4.69) is 20.6 Å². The van der Waals surface area contributed by atoms with Gasteiger partial charge in [0, 0.05) is 25.1 Å². The summed E-state index contributed by atoms with van der Waals surface area (Å²) in [5, 5.41) is 13.9. The van der Waals surface area contributed by atoms with Crippen molar-refractivity contribution in [2.24, 2.45) is 0 Å². The number of likely N-dealkylation sites (tertiary alicyclic amines) is 1. The van der Waals surface area contributed by atoms with Crippen molar-refractivity contribution in [2.45, 2.75) is 24.6 Å². The number of aromatic nitrogens is 4. The molecule has 1 aromatic heterocycles. The van der Waals surface area contributed by atoms with E-state index in [9.17, 15) is 9.59 Å². The highest BCUT2D eigenvalue weighted by atomic mass is 16.5. The maximum Gasteiger partial charge on any atom is 0.255 e. The minimum Gasteiger partial charge on any atom is -0.351 e. The molecule has 3 aliphatic heterocycles. The van der Waals surface area contributed by atoms with Gasteiger partial charge in [-0.15, -0.1) is 10.2 Å². The number of nitrogens with one attached hydrogen (secondary N) is 1. The lowest BCUT2D eigenvalue weighted by atomic mass is 10.0. The minimum atomic E-state index is -0.631. The second-order valence-corrected chi connectivity index (χ2v) is 6.49. The molecular weight excluding hydrogens is 324 g/mol. The third kappa shape index (κ3) is 1.89. The molecular formula is C16H16N6O3. The molecule has 2 atom stereocenters. The van der Waals surface area contributed by atoms with E-state index in [1.165, 1.54) is 0 Å². The van der Waals surface area contributed by atoms with Crippen molar-refractivity contribution >= 4 is 11.8 Å². The average Bonchev–Trinajstić information content (AvgIpc) is 3.38. The molecule has 1 aromatic carbocycles. The number of H-pyrrole nitrogens is 1. The zero-order valence-corrected chi connectivity index (χ0v) is 13.4. The van der Waals surface area contributed by atoms with Gasteiger partial charge in [0.25, 0.3) is 5.91 Å². The van der Waals surface area contributed by atoms with E-state index in [4.69, 9.17) is 4.74 Å². The normalized spacial score (nSPS) is 27.7. The van der Waals surface area contributed by atoms with Crippen LogP contribution in [0.3, 0.4) is 0 Å². The van der Waals surface area contributed by atoms with Crippen LogP contribution in [0.15, 0.2) is 24.3 Å². The molecule has 9 nitrogen and oxygen atoms in total. The lowest BCUT2D eigenvalue weighted by Crippen LogP contribution is -2.48. The van der Waals surface area contributed by atoms with Gasteiger partial charge in [0.2, 0.25) is 11.7 Å². The number of carbonyl (C=O) groups excluding carboxylic acids is 2. The first-order chi connectivity index (χ1) is 12.2. The molecule has 0 radical (unpaired) electrons. The molecule has 9 heteroatoms. The molecule has 5 rings (SSSR count). The van der Waals surface area contributed by atoms with E-state index in [0.717, 1.165) is 0 Å². The zero-order chi connectivity index (χ0) is 17.0. The summed E-state index contributed by atoms with van der Waals surface area (Å²) in [4.78, 5) is 29.1. The van der Waals surface area contributed by atoms with Crippen molar-refractivity contribution in [3.05, 3.63) is 29.8 Å². The van der Waals surface area contributed by atoms with Crippen LogP contribution >= 0.6 is 0 Å². The number of benzene rings is 1. The maximum atomic E-state index is 13.3. The number of nitrogens with zero attached hydrogens (tertiary/aromatic N) is 5. The van der Waals surface area contributed by atoms with E-state index < -0.39 is 5.72 Å². The van der Waals surface area contributed by atoms with Gasteiger partial charge in [0.1, 0.15) is 0 Å². The Morgan fingerprint density at radius 1 is 1.32 bits per heavy atom. The van der Waals surface area contributed by atoms with E-state index in [-0.39, 0.29) is 17.9 Å². The molecule has 25 heavy (non-hydrogen) atoms. The van der Waals surface area contributed by atoms with Crippen molar-refractivity contribution < 1.29 is 14.3 Å². The van der Waals surface area contributed by atoms with E-state index in [0.29, 0.717) is 49.5 Å². The van der Waals surface area contributed by atoms with Crippen LogP contribution in [0.1, 0.15) is 23.2 Å². The molecule has 1 N–H and O–H groups in total. The molecule has 3 saturated heterocycles. The number of hydrogen-bond acceptors (Lipinski definition) is 6. The molecule has 2 amide bonds. The molecule has 0 bridgehead atoms. The number of tetrazole rings is 1. The Labute approximate surface area is 142 Å². The second kappa shape index (κ2) is 5.09. The van der Waals surface area contributed by atoms with Gasteiger partial charge >= 0.3 is 0 Å². The number of rotatable bonds is 2. The molecule has 0 aliphatic carbocycles. The monoisotopic (exact) mass is 340 g/mol. The van der Waals surface area contributed by atoms with Gasteiger partial charge < -0.3 is 14.5 Å². The van der Waals surface area contributed by atoms with Crippen LogP contribution in [0.25, 0.3) is 11.4 Å². The Morgan fingerprint density at radius 2 is 2.20 bits per heavy atom. The molecule has 3 fully saturated rings. The smallest absolute Gasteiger partial charge is 0.255 e. The first-order valence-electron chi connectivity index (χ1n) is 8.29. The number of aromatic amines is 1. The van der Waals surface area contributed by atoms with Gasteiger partial charge in [-0.1, -0.05) is 18.2 Å². The zero-order valence-electron chi connectivity index (χ0n) is 13.4. The van der Waals surface area contributed by atoms with Crippen LogP contribution in [0.2, 0.25) is 0 Å². The SMILES string of the molecule is O=C(c1ccccc1-c1nn[nH]n1)N1CC[C@@]23OCCN2C(=O)C[C@@H]13. The van der Waals surface area contributed by atoms with Crippen LogP contribution in [0, 0.1) is 0 Å². The fourth-order valence-electron chi connectivity index (χ4n) is 4.33. The van der Waals surface area contributed by atoms with Crippen LogP contribution < -0.4 is 0 Å². The highest BCUT2D eigenvalue weighted by Crippen LogP contribution is 2.46. The maximum absolute atomic E-state index is 13.3. The number of carbonyl (C=O) groups is 2. The third-order valence-electron chi connectivity index (χ3n) is 5.41. The van der Waals surface area contributed by atoms with E-state index in [1.54, 1.807) is 28.0 Å². The first-order valence-corrected chi connectivity index (χ1v) is 8.29. The molecule has 4 heterocycles. The van der Waals surface area contributed by atoms with Crippen molar-refractivity contribution in [2.75, 3.05) is 19.7 Å². The van der Waals surface area contributed by atoms with Crippen LogP contribution in [0.5, 0.6) is 0 Å². The summed E-state index contributed by atoms with van der Waals surface area (Å²) in [7, 11) is 0. The second-order valence-electron chi connectivity index (χ2n) is 6.49. The Morgan fingerprint density at radius 3 is 3.04 bits per heavy atom. The lowest BCUT2D eigenvalue weighted by Gasteiger charge is -2.31. The lowest BCUT2D eigenvalue weighted by molar-refractivity contribution is -0.136. The Balaban J connectivity index is 1.52. The Kier molecular flexibility index (Phi) is 2.96. The third-order valence-corrected chi connectivity index (χ3v) is 5.41. The summed E-state index contributed by atoms with van der Waals surface area (Å²) in [6, 6.07) is 6.94. The molecule has 0 unspecified atom stereocenters. The quantitative estimate of drug-likeness (QED) is 0.828. The van der Waals surface area contributed by atoms with Gasteiger partial charge in [-0.05, 0) is 11.3 Å². The number of amides is 2. The molecule has 3 aliphatic rings. The largest absolute Gasteiger partial charge is 0.351 e. The summed E-state index contributed by atoms with van der Waals surface area (Å²) in [6.45, 7) is 1.70. The molecule has 2 aromatic rings. The standard InChI is InChI=1S/C16H16N6O3/c23-13-9-12-16(22(13)7-8-25-16)5-6-21(12)15(24)11-4-2-1-3-10(11)14-17-19-20-18-14/h1-4,12H,5-9H2,(H,17,18,19,20)/t12-,16+/m1/s1. The van der Waals surface area contributed by atoms with Crippen molar-refractivity contribution in [3.63, 3.8) is 0 Å². The summed E-state index contributed by atoms with van der Waals surface area (Å²) in [5.41, 5.74) is 0.494.